The number of amides is 1. The van der Waals surface area contributed by atoms with Crippen LogP contribution in [-0.4, -0.2) is 52.6 Å². The first kappa shape index (κ1) is 18.9. The molecule has 1 aromatic heterocycles. The van der Waals surface area contributed by atoms with Gasteiger partial charge in [-0.15, -0.1) is 12.4 Å². The standard InChI is InChI=1S/C20H26N4O.ClH/c1-23-12-17-13-24(19(25)9-5-6-15-10-21-22-11-15)14-18(17)20(23)16-7-3-2-4-8-16;/h2-4,7-8,10-11,17-18,20H,5-6,9,12-14H2,1H3,(H,21,22);1H/t17-,18+,20-;/m0./s1. The van der Waals surface area contributed by atoms with E-state index in [4.69, 9.17) is 0 Å². The van der Waals surface area contributed by atoms with E-state index in [9.17, 15) is 4.79 Å². The van der Waals surface area contributed by atoms with Gasteiger partial charge in [-0.3, -0.25) is 14.8 Å². The number of aryl methyl sites for hydroxylation is 1. The summed E-state index contributed by atoms with van der Waals surface area (Å²) in [6.07, 6.45) is 6.19. The van der Waals surface area contributed by atoms with Crippen molar-refractivity contribution in [1.29, 1.82) is 0 Å². The number of halogens is 1. The van der Waals surface area contributed by atoms with E-state index < -0.39 is 0 Å². The maximum absolute atomic E-state index is 12.6. The van der Waals surface area contributed by atoms with Crippen LogP contribution >= 0.6 is 12.4 Å². The molecule has 2 saturated heterocycles. The third-order valence-electron chi connectivity index (χ3n) is 5.80. The Morgan fingerprint density at radius 1 is 1.23 bits per heavy atom. The molecule has 1 N–H and O–H groups in total. The van der Waals surface area contributed by atoms with Gasteiger partial charge in [0, 0.05) is 44.2 Å². The van der Waals surface area contributed by atoms with Gasteiger partial charge in [0.15, 0.2) is 0 Å². The molecule has 2 aromatic rings. The van der Waals surface area contributed by atoms with E-state index >= 15 is 0 Å². The highest BCUT2D eigenvalue weighted by Crippen LogP contribution is 2.44. The second-order valence-electron chi connectivity index (χ2n) is 7.48. The average Bonchev–Trinajstić information content (AvgIpc) is 3.31. The van der Waals surface area contributed by atoms with Crippen molar-refractivity contribution in [3.8, 4) is 0 Å². The van der Waals surface area contributed by atoms with E-state index in [-0.39, 0.29) is 12.4 Å². The molecule has 4 rings (SSSR count). The van der Waals surface area contributed by atoms with Crippen LogP contribution in [0.2, 0.25) is 0 Å². The van der Waals surface area contributed by atoms with Crippen LogP contribution in [0, 0.1) is 11.8 Å². The molecule has 140 valence electrons. The highest BCUT2D eigenvalue weighted by atomic mass is 35.5. The molecule has 5 nitrogen and oxygen atoms in total. The zero-order valence-corrected chi connectivity index (χ0v) is 16.0. The Labute approximate surface area is 161 Å². The summed E-state index contributed by atoms with van der Waals surface area (Å²) < 4.78 is 0. The molecule has 0 radical (unpaired) electrons. The Hall–Kier alpha value is -1.85. The predicted octanol–water partition coefficient (Wildman–Crippen LogP) is 2.92. The summed E-state index contributed by atoms with van der Waals surface area (Å²) in [6.45, 7) is 2.91. The minimum absolute atomic E-state index is 0. The SMILES string of the molecule is CN1C[C@H]2CN(C(=O)CCCc3cn[nH]c3)C[C@H]2[C@@H]1c1ccccc1.Cl. The summed E-state index contributed by atoms with van der Waals surface area (Å²) >= 11 is 0. The van der Waals surface area contributed by atoms with E-state index in [1.807, 2.05) is 12.4 Å². The van der Waals surface area contributed by atoms with Crippen molar-refractivity contribution in [2.24, 2.45) is 11.8 Å². The van der Waals surface area contributed by atoms with Gasteiger partial charge in [-0.25, -0.2) is 0 Å². The smallest absolute Gasteiger partial charge is 0.222 e. The third-order valence-corrected chi connectivity index (χ3v) is 5.80. The summed E-state index contributed by atoms with van der Waals surface area (Å²) in [5, 5.41) is 6.78. The molecule has 26 heavy (non-hydrogen) atoms. The van der Waals surface area contributed by atoms with Gasteiger partial charge in [0.25, 0.3) is 0 Å². The molecule has 0 bridgehead atoms. The van der Waals surface area contributed by atoms with Crippen LogP contribution in [0.15, 0.2) is 42.7 Å². The summed E-state index contributed by atoms with van der Waals surface area (Å²) in [5.74, 6) is 1.48. The summed E-state index contributed by atoms with van der Waals surface area (Å²) in [5.41, 5.74) is 2.56. The molecule has 2 aliphatic rings. The fraction of sp³-hybridized carbons (Fsp3) is 0.500. The average molecular weight is 375 g/mol. The Balaban J connectivity index is 0.00000196. The molecule has 3 heterocycles. The van der Waals surface area contributed by atoms with Gasteiger partial charge < -0.3 is 4.90 Å². The van der Waals surface area contributed by atoms with Gasteiger partial charge in [-0.05, 0) is 36.9 Å². The molecular formula is C20H27ClN4O. The monoisotopic (exact) mass is 374 g/mol. The fourth-order valence-electron chi connectivity index (χ4n) is 4.63. The van der Waals surface area contributed by atoms with Crippen molar-refractivity contribution < 1.29 is 4.79 Å². The fourth-order valence-corrected chi connectivity index (χ4v) is 4.63. The van der Waals surface area contributed by atoms with E-state index in [2.05, 4.69) is 57.4 Å². The minimum Gasteiger partial charge on any atom is -0.342 e. The first-order valence-electron chi connectivity index (χ1n) is 9.23. The molecule has 1 aromatic carbocycles. The highest BCUT2D eigenvalue weighted by Gasteiger charge is 2.46. The number of carbonyl (C=O) groups is 1. The van der Waals surface area contributed by atoms with E-state index in [0.717, 1.165) is 32.5 Å². The third kappa shape index (κ3) is 3.79. The van der Waals surface area contributed by atoms with Gasteiger partial charge in [0.1, 0.15) is 0 Å². The number of aromatic amines is 1. The highest BCUT2D eigenvalue weighted by molar-refractivity contribution is 5.85. The Kier molecular flexibility index (Phi) is 5.99. The van der Waals surface area contributed by atoms with E-state index in [0.29, 0.717) is 30.2 Å². The number of nitrogens with zero attached hydrogens (tertiary/aromatic N) is 3. The molecule has 0 spiro atoms. The van der Waals surface area contributed by atoms with Gasteiger partial charge in [-0.2, -0.15) is 5.10 Å². The molecule has 2 aliphatic heterocycles. The molecule has 0 unspecified atom stereocenters. The van der Waals surface area contributed by atoms with Gasteiger partial charge in [0.2, 0.25) is 5.91 Å². The lowest BCUT2D eigenvalue weighted by Gasteiger charge is -2.27. The number of hydrogen-bond donors (Lipinski definition) is 1. The Bertz CT molecular complexity index is 706. The normalized spacial score (nSPS) is 25.1. The summed E-state index contributed by atoms with van der Waals surface area (Å²) in [4.78, 5) is 17.2. The Morgan fingerprint density at radius 3 is 2.77 bits per heavy atom. The lowest BCUT2D eigenvalue weighted by molar-refractivity contribution is -0.130. The molecule has 3 atom stereocenters. The molecule has 1 amide bonds. The van der Waals surface area contributed by atoms with Crippen LogP contribution in [-0.2, 0) is 11.2 Å². The number of hydrogen-bond acceptors (Lipinski definition) is 3. The maximum Gasteiger partial charge on any atom is 0.222 e. The largest absolute Gasteiger partial charge is 0.342 e. The zero-order valence-electron chi connectivity index (χ0n) is 15.2. The number of nitrogens with one attached hydrogen (secondary N) is 1. The van der Waals surface area contributed by atoms with Gasteiger partial charge in [-0.1, -0.05) is 30.3 Å². The predicted molar refractivity (Wildman–Crippen MR) is 104 cm³/mol. The van der Waals surface area contributed by atoms with Crippen molar-refractivity contribution in [3.63, 3.8) is 0 Å². The number of aromatic nitrogens is 2. The van der Waals surface area contributed by atoms with Crippen molar-refractivity contribution in [2.75, 3.05) is 26.7 Å². The van der Waals surface area contributed by atoms with E-state index in [1.54, 1.807) is 0 Å². The maximum atomic E-state index is 12.6. The van der Waals surface area contributed by atoms with Crippen molar-refractivity contribution in [1.82, 2.24) is 20.0 Å². The summed E-state index contributed by atoms with van der Waals surface area (Å²) in [7, 11) is 2.22. The van der Waals surface area contributed by atoms with Crippen LogP contribution < -0.4 is 0 Å². The van der Waals surface area contributed by atoms with Crippen LogP contribution in [0.1, 0.15) is 30.0 Å². The van der Waals surface area contributed by atoms with Crippen molar-refractivity contribution >= 4 is 18.3 Å². The number of likely N-dealkylation sites (tertiary alicyclic amines) is 2. The topological polar surface area (TPSA) is 52.2 Å². The van der Waals surface area contributed by atoms with Gasteiger partial charge >= 0.3 is 0 Å². The number of H-pyrrole nitrogens is 1. The molecular weight excluding hydrogens is 348 g/mol. The molecule has 0 aliphatic carbocycles. The van der Waals surface area contributed by atoms with Crippen LogP contribution in [0.5, 0.6) is 0 Å². The second kappa shape index (κ2) is 8.23. The van der Waals surface area contributed by atoms with Gasteiger partial charge in [0.05, 0.1) is 6.20 Å². The van der Waals surface area contributed by atoms with Crippen molar-refractivity contribution in [2.45, 2.75) is 25.3 Å². The molecule has 2 fully saturated rings. The second-order valence-corrected chi connectivity index (χ2v) is 7.48. The van der Waals surface area contributed by atoms with Crippen molar-refractivity contribution in [3.05, 3.63) is 53.9 Å². The van der Waals surface area contributed by atoms with Crippen LogP contribution in [0.25, 0.3) is 0 Å². The molecule has 6 heteroatoms. The summed E-state index contributed by atoms with van der Waals surface area (Å²) in [6, 6.07) is 11.2. The number of benzene rings is 1. The quantitative estimate of drug-likeness (QED) is 0.875. The Morgan fingerprint density at radius 2 is 2.04 bits per heavy atom. The van der Waals surface area contributed by atoms with Crippen LogP contribution in [0.4, 0.5) is 0 Å². The zero-order chi connectivity index (χ0) is 17.2. The first-order valence-corrected chi connectivity index (χ1v) is 9.23. The van der Waals surface area contributed by atoms with Crippen LogP contribution in [0.3, 0.4) is 0 Å². The van der Waals surface area contributed by atoms with E-state index in [1.165, 1.54) is 11.1 Å². The number of carbonyl (C=O) groups excluding carboxylic acids is 1. The number of fused-ring (bicyclic) bond motifs is 1. The lowest BCUT2D eigenvalue weighted by Crippen LogP contribution is -2.33. The minimum atomic E-state index is 0. The first-order chi connectivity index (χ1) is 12.2. The molecule has 0 saturated carbocycles. The lowest BCUT2D eigenvalue weighted by atomic mass is 9.90. The number of rotatable bonds is 5.